The highest BCUT2D eigenvalue weighted by atomic mass is 15.2. The second-order valence-corrected chi connectivity index (χ2v) is 15.4. The average molecular weight is 720 g/mol. The summed E-state index contributed by atoms with van der Waals surface area (Å²) in [6, 6.07) is 67.3. The number of nitrogens with zero attached hydrogens (tertiary/aromatic N) is 3. The predicted octanol–water partition coefficient (Wildman–Crippen LogP) is 12.1. The molecule has 8 aromatic rings. The number of aryl methyl sites for hydroxylation is 4. The van der Waals surface area contributed by atoms with Gasteiger partial charge in [-0.05, 0) is 150 Å². The first-order valence-corrected chi connectivity index (χ1v) is 19.5. The molecule has 2 aliphatic heterocycles. The summed E-state index contributed by atoms with van der Waals surface area (Å²) >= 11 is 0. The molecule has 268 valence electrons. The largest absolute Gasteiger partial charge is 0.311 e. The van der Waals surface area contributed by atoms with Gasteiger partial charge in [-0.1, -0.05) is 109 Å². The Bertz CT molecular complexity index is 2680. The summed E-state index contributed by atoms with van der Waals surface area (Å²) in [7, 11) is 0. The molecule has 0 amide bonds. The fourth-order valence-electron chi connectivity index (χ4n) is 9.19. The molecule has 56 heavy (non-hydrogen) atoms. The summed E-state index contributed by atoms with van der Waals surface area (Å²) in [5.74, 6) is 0. The molecule has 0 radical (unpaired) electrons. The highest BCUT2D eigenvalue weighted by Crippen LogP contribution is 2.48. The second kappa shape index (κ2) is 13.5. The van der Waals surface area contributed by atoms with Gasteiger partial charge in [-0.15, -0.1) is 0 Å². The van der Waals surface area contributed by atoms with Crippen LogP contribution in [-0.4, -0.2) is 6.71 Å². The molecule has 0 unspecified atom stereocenters. The maximum atomic E-state index is 2.54. The van der Waals surface area contributed by atoms with Gasteiger partial charge < -0.3 is 14.7 Å². The van der Waals surface area contributed by atoms with Crippen molar-refractivity contribution in [3.8, 4) is 11.1 Å². The van der Waals surface area contributed by atoms with Crippen LogP contribution >= 0.6 is 0 Å². The number of anilines is 9. The summed E-state index contributed by atoms with van der Waals surface area (Å²) < 4.78 is 0. The number of hydrogen-bond acceptors (Lipinski definition) is 3. The minimum Gasteiger partial charge on any atom is -0.311 e. The molecule has 0 bridgehead atoms. The molecule has 0 fully saturated rings. The standard InChI is InChI=1S/C52H42BN3/c1-35-26-36(2)29-43(28-35)55-48-23-15-14-22-46(48)53-47-25-24-40(39-16-8-5-9-17-39)32-49(47)56(44-30-37(3)27-38(4)31-44)51-34-45(33-50(55)52(51)53)54(41-18-10-6-11-19-41)42-20-12-7-13-21-42/h5-34H,1-4H3. The zero-order valence-electron chi connectivity index (χ0n) is 32.2. The maximum Gasteiger partial charge on any atom is 0.252 e. The van der Waals surface area contributed by atoms with E-state index < -0.39 is 0 Å². The molecule has 0 N–H and O–H groups in total. The number of benzene rings is 8. The van der Waals surface area contributed by atoms with Gasteiger partial charge in [0.15, 0.2) is 0 Å². The Morgan fingerprint density at radius 2 is 0.821 bits per heavy atom. The van der Waals surface area contributed by atoms with Crippen molar-refractivity contribution in [3.63, 3.8) is 0 Å². The van der Waals surface area contributed by atoms with Gasteiger partial charge in [0.1, 0.15) is 0 Å². The first-order valence-electron chi connectivity index (χ1n) is 19.5. The Balaban J connectivity index is 1.35. The minimum absolute atomic E-state index is 0.0243. The van der Waals surface area contributed by atoms with Gasteiger partial charge in [0, 0.05) is 45.5 Å². The van der Waals surface area contributed by atoms with E-state index in [4.69, 9.17) is 0 Å². The van der Waals surface area contributed by atoms with Crippen molar-refractivity contribution in [1.29, 1.82) is 0 Å². The van der Waals surface area contributed by atoms with Gasteiger partial charge in [-0.3, -0.25) is 0 Å². The van der Waals surface area contributed by atoms with Crippen LogP contribution in [0.1, 0.15) is 22.3 Å². The van der Waals surface area contributed by atoms with E-state index in [-0.39, 0.29) is 6.71 Å². The van der Waals surface area contributed by atoms with Crippen LogP contribution in [0, 0.1) is 27.7 Å². The summed E-state index contributed by atoms with van der Waals surface area (Å²) in [5, 5.41) is 0. The average Bonchev–Trinajstić information content (AvgIpc) is 3.21. The molecule has 0 saturated heterocycles. The van der Waals surface area contributed by atoms with Gasteiger partial charge in [0.05, 0.1) is 5.69 Å². The molecule has 0 saturated carbocycles. The molecule has 3 nitrogen and oxygen atoms in total. The normalized spacial score (nSPS) is 12.5. The van der Waals surface area contributed by atoms with E-state index in [1.165, 1.54) is 78.2 Å². The van der Waals surface area contributed by atoms with Crippen LogP contribution in [0.4, 0.5) is 51.2 Å². The van der Waals surface area contributed by atoms with E-state index in [1.54, 1.807) is 0 Å². The van der Waals surface area contributed by atoms with Crippen LogP contribution in [-0.2, 0) is 0 Å². The SMILES string of the molecule is Cc1cc(C)cc(N2c3ccccc3B3c4ccc(-c5ccccc5)cc4N(c4cc(C)cc(C)c4)c4cc(N(c5ccccc5)c5ccccc5)cc2c43)c1. The lowest BCUT2D eigenvalue weighted by molar-refractivity contribution is 1.21. The Hall–Kier alpha value is -6.78. The second-order valence-electron chi connectivity index (χ2n) is 15.4. The van der Waals surface area contributed by atoms with Crippen molar-refractivity contribution in [1.82, 2.24) is 0 Å². The van der Waals surface area contributed by atoms with Crippen LogP contribution < -0.4 is 31.1 Å². The van der Waals surface area contributed by atoms with Gasteiger partial charge >= 0.3 is 0 Å². The van der Waals surface area contributed by atoms with Crippen molar-refractivity contribution in [2.75, 3.05) is 14.7 Å². The third-order valence-electron chi connectivity index (χ3n) is 11.3. The molecule has 2 heterocycles. The number of rotatable bonds is 6. The van der Waals surface area contributed by atoms with E-state index >= 15 is 0 Å². The van der Waals surface area contributed by atoms with Crippen molar-refractivity contribution in [2.24, 2.45) is 0 Å². The minimum atomic E-state index is 0.0243. The molecule has 8 aromatic carbocycles. The lowest BCUT2D eigenvalue weighted by Crippen LogP contribution is -2.61. The fraction of sp³-hybridized carbons (Fsp3) is 0.0769. The Morgan fingerprint density at radius 3 is 1.38 bits per heavy atom. The Kier molecular flexibility index (Phi) is 8.15. The Labute approximate surface area is 330 Å². The molecule has 0 spiro atoms. The van der Waals surface area contributed by atoms with Crippen molar-refractivity contribution < 1.29 is 0 Å². The van der Waals surface area contributed by atoms with E-state index in [9.17, 15) is 0 Å². The molecule has 10 rings (SSSR count). The van der Waals surface area contributed by atoms with Crippen molar-refractivity contribution in [3.05, 3.63) is 204 Å². The highest BCUT2D eigenvalue weighted by molar-refractivity contribution is 7.00. The fourth-order valence-corrected chi connectivity index (χ4v) is 9.19. The third-order valence-corrected chi connectivity index (χ3v) is 11.3. The first-order chi connectivity index (χ1) is 27.4. The zero-order valence-corrected chi connectivity index (χ0v) is 32.2. The monoisotopic (exact) mass is 719 g/mol. The summed E-state index contributed by atoms with van der Waals surface area (Å²) in [6.45, 7) is 8.85. The quantitative estimate of drug-likeness (QED) is 0.158. The van der Waals surface area contributed by atoms with E-state index in [2.05, 4.69) is 224 Å². The van der Waals surface area contributed by atoms with Crippen LogP contribution in [0.15, 0.2) is 182 Å². The van der Waals surface area contributed by atoms with Crippen molar-refractivity contribution in [2.45, 2.75) is 27.7 Å². The molecule has 0 aliphatic carbocycles. The van der Waals surface area contributed by atoms with Crippen LogP contribution in [0.3, 0.4) is 0 Å². The zero-order chi connectivity index (χ0) is 37.9. The topological polar surface area (TPSA) is 9.72 Å². The van der Waals surface area contributed by atoms with Crippen LogP contribution in [0.5, 0.6) is 0 Å². The van der Waals surface area contributed by atoms with E-state index in [0.717, 1.165) is 22.7 Å². The highest BCUT2D eigenvalue weighted by Gasteiger charge is 2.44. The molecule has 0 atom stereocenters. The molecule has 4 heteroatoms. The molecule has 2 aliphatic rings. The molecular weight excluding hydrogens is 677 g/mol. The van der Waals surface area contributed by atoms with E-state index in [1.807, 2.05) is 0 Å². The third kappa shape index (κ3) is 5.69. The predicted molar refractivity (Wildman–Crippen MR) is 240 cm³/mol. The summed E-state index contributed by atoms with van der Waals surface area (Å²) in [6.07, 6.45) is 0. The smallest absolute Gasteiger partial charge is 0.252 e. The van der Waals surface area contributed by atoms with E-state index in [0.29, 0.717) is 0 Å². The number of para-hydroxylation sites is 3. The van der Waals surface area contributed by atoms with Crippen molar-refractivity contribution >= 4 is 74.3 Å². The van der Waals surface area contributed by atoms with Gasteiger partial charge in [0.25, 0.3) is 6.71 Å². The van der Waals surface area contributed by atoms with Gasteiger partial charge in [-0.25, -0.2) is 0 Å². The summed E-state index contributed by atoms with van der Waals surface area (Å²) in [4.78, 5) is 7.47. The van der Waals surface area contributed by atoms with Gasteiger partial charge in [-0.2, -0.15) is 0 Å². The first kappa shape index (κ1) is 33.8. The lowest BCUT2D eigenvalue weighted by Gasteiger charge is -2.45. The Morgan fingerprint density at radius 1 is 0.357 bits per heavy atom. The van der Waals surface area contributed by atoms with Crippen LogP contribution in [0.2, 0.25) is 0 Å². The molecule has 0 aromatic heterocycles. The van der Waals surface area contributed by atoms with Gasteiger partial charge in [0.2, 0.25) is 0 Å². The summed E-state index contributed by atoms with van der Waals surface area (Å²) in [5.41, 5.74) is 21.8. The maximum absolute atomic E-state index is 2.54. The number of fused-ring (bicyclic) bond motifs is 4. The lowest BCUT2D eigenvalue weighted by atomic mass is 9.33. The number of hydrogen-bond donors (Lipinski definition) is 0. The van der Waals surface area contributed by atoms with Crippen LogP contribution in [0.25, 0.3) is 11.1 Å². The molecular formula is C52H42BN3.